The molecule has 0 aliphatic carbocycles. The SMILES string of the molecule is CCN(CC)C1=NC(=O)[C@@H](CC(=O)Nc2c(C)cccc2C)S1. The van der Waals surface area contributed by atoms with Crippen LogP contribution in [0.15, 0.2) is 23.2 Å². The highest BCUT2D eigenvalue weighted by Gasteiger charge is 2.32. The van der Waals surface area contributed by atoms with Gasteiger partial charge in [-0.2, -0.15) is 4.99 Å². The van der Waals surface area contributed by atoms with Gasteiger partial charge in [0.2, 0.25) is 5.91 Å². The predicted octanol–water partition coefficient (Wildman–Crippen LogP) is 2.97. The fraction of sp³-hybridized carbons (Fsp3) is 0.471. The van der Waals surface area contributed by atoms with Crippen molar-refractivity contribution < 1.29 is 9.59 Å². The van der Waals surface area contributed by atoms with Gasteiger partial charge in [0, 0.05) is 25.2 Å². The molecule has 0 spiro atoms. The maximum absolute atomic E-state index is 12.3. The van der Waals surface area contributed by atoms with Crippen molar-refractivity contribution in [3.63, 3.8) is 0 Å². The summed E-state index contributed by atoms with van der Waals surface area (Å²) < 4.78 is 0. The molecule has 5 nitrogen and oxygen atoms in total. The van der Waals surface area contributed by atoms with Crippen molar-refractivity contribution in [3.05, 3.63) is 29.3 Å². The molecule has 1 aliphatic heterocycles. The van der Waals surface area contributed by atoms with Gasteiger partial charge in [-0.25, -0.2) is 0 Å². The lowest BCUT2D eigenvalue weighted by Crippen LogP contribution is -2.28. The van der Waals surface area contributed by atoms with Gasteiger partial charge < -0.3 is 10.2 Å². The number of amides is 2. The molecule has 1 aliphatic rings. The number of para-hydroxylation sites is 1. The molecule has 2 amide bonds. The van der Waals surface area contributed by atoms with Crippen LogP contribution >= 0.6 is 11.8 Å². The third kappa shape index (κ3) is 4.13. The van der Waals surface area contributed by atoms with Crippen molar-refractivity contribution in [2.24, 2.45) is 4.99 Å². The first-order chi connectivity index (χ1) is 11.0. The molecule has 1 aromatic rings. The lowest BCUT2D eigenvalue weighted by Gasteiger charge is -2.19. The van der Waals surface area contributed by atoms with E-state index in [4.69, 9.17) is 0 Å². The quantitative estimate of drug-likeness (QED) is 0.900. The second-order valence-electron chi connectivity index (χ2n) is 5.53. The third-order valence-corrected chi connectivity index (χ3v) is 5.09. The van der Waals surface area contributed by atoms with Crippen molar-refractivity contribution in [1.29, 1.82) is 0 Å². The van der Waals surface area contributed by atoms with E-state index < -0.39 is 5.25 Å². The van der Waals surface area contributed by atoms with E-state index in [1.165, 1.54) is 11.8 Å². The van der Waals surface area contributed by atoms with Gasteiger partial charge in [-0.05, 0) is 38.8 Å². The zero-order valence-electron chi connectivity index (χ0n) is 14.0. The summed E-state index contributed by atoms with van der Waals surface area (Å²) in [5.41, 5.74) is 2.87. The van der Waals surface area contributed by atoms with Gasteiger partial charge in [-0.1, -0.05) is 30.0 Å². The Balaban J connectivity index is 1.98. The number of nitrogens with zero attached hydrogens (tertiary/aromatic N) is 2. The number of amidine groups is 1. The zero-order valence-corrected chi connectivity index (χ0v) is 14.9. The van der Waals surface area contributed by atoms with E-state index in [-0.39, 0.29) is 18.2 Å². The first-order valence-corrected chi connectivity index (χ1v) is 8.74. The van der Waals surface area contributed by atoms with E-state index in [0.29, 0.717) is 0 Å². The summed E-state index contributed by atoms with van der Waals surface area (Å²) in [4.78, 5) is 30.4. The molecule has 0 aromatic heterocycles. The van der Waals surface area contributed by atoms with Crippen molar-refractivity contribution in [2.75, 3.05) is 18.4 Å². The van der Waals surface area contributed by atoms with Crippen LogP contribution in [0.3, 0.4) is 0 Å². The second kappa shape index (κ2) is 7.64. The van der Waals surface area contributed by atoms with Gasteiger partial charge >= 0.3 is 0 Å². The summed E-state index contributed by atoms with van der Waals surface area (Å²) in [6.07, 6.45) is 0.144. The van der Waals surface area contributed by atoms with Crippen LogP contribution < -0.4 is 5.32 Å². The van der Waals surface area contributed by atoms with Crippen LogP contribution in [0, 0.1) is 13.8 Å². The van der Waals surface area contributed by atoms with Crippen LogP contribution in [0.1, 0.15) is 31.4 Å². The van der Waals surface area contributed by atoms with Crippen LogP contribution in [0.25, 0.3) is 0 Å². The van der Waals surface area contributed by atoms with E-state index in [9.17, 15) is 9.59 Å². The smallest absolute Gasteiger partial charge is 0.262 e. The summed E-state index contributed by atoms with van der Waals surface area (Å²) in [7, 11) is 0. The summed E-state index contributed by atoms with van der Waals surface area (Å²) in [5, 5.41) is 3.23. The third-order valence-electron chi connectivity index (χ3n) is 3.88. The summed E-state index contributed by atoms with van der Waals surface area (Å²) in [5.74, 6) is -0.363. The fourth-order valence-corrected chi connectivity index (χ4v) is 3.70. The highest BCUT2D eigenvalue weighted by atomic mass is 32.2. The molecule has 1 aromatic carbocycles. The van der Waals surface area contributed by atoms with Gasteiger partial charge in [-0.15, -0.1) is 0 Å². The normalized spacial score (nSPS) is 17.1. The average Bonchev–Trinajstić information content (AvgIpc) is 2.85. The van der Waals surface area contributed by atoms with Crippen molar-refractivity contribution in [2.45, 2.75) is 39.4 Å². The van der Waals surface area contributed by atoms with Gasteiger partial charge in [0.15, 0.2) is 5.17 Å². The molecular weight excluding hydrogens is 310 g/mol. The van der Waals surface area contributed by atoms with E-state index in [1.54, 1.807) is 0 Å². The molecule has 23 heavy (non-hydrogen) atoms. The van der Waals surface area contributed by atoms with Crippen molar-refractivity contribution in [1.82, 2.24) is 4.90 Å². The molecule has 1 heterocycles. The number of rotatable bonds is 5. The Bertz CT molecular complexity index is 618. The molecule has 0 bridgehead atoms. The lowest BCUT2D eigenvalue weighted by molar-refractivity contribution is -0.121. The molecule has 0 radical (unpaired) electrons. The van der Waals surface area contributed by atoms with Crippen molar-refractivity contribution in [3.8, 4) is 0 Å². The van der Waals surface area contributed by atoms with Crippen LogP contribution in [0.5, 0.6) is 0 Å². The van der Waals surface area contributed by atoms with Gasteiger partial charge in [0.1, 0.15) is 5.25 Å². The monoisotopic (exact) mass is 333 g/mol. The average molecular weight is 333 g/mol. The Morgan fingerprint density at radius 1 is 1.26 bits per heavy atom. The Morgan fingerprint density at radius 2 is 1.87 bits per heavy atom. The Hall–Kier alpha value is -1.82. The predicted molar refractivity (Wildman–Crippen MR) is 95.9 cm³/mol. The first-order valence-electron chi connectivity index (χ1n) is 7.86. The number of hydrogen-bond acceptors (Lipinski definition) is 4. The van der Waals surface area contributed by atoms with Gasteiger partial charge in [0.25, 0.3) is 5.91 Å². The molecule has 0 saturated heterocycles. The highest BCUT2D eigenvalue weighted by molar-refractivity contribution is 8.15. The van der Waals surface area contributed by atoms with Crippen LogP contribution in [0.2, 0.25) is 0 Å². The minimum absolute atomic E-state index is 0.144. The number of carbonyl (C=O) groups excluding carboxylic acids is 2. The highest BCUT2D eigenvalue weighted by Crippen LogP contribution is 2.28. The number of hydrogen-bond donors (Lipinski definition) is 1. The second-order valence-corrected chi connectivity index (χ2v) is 6.70. The number of carbonyl (C=O) groups is 2. The Labute approximate surface area is 141 Å². The van der Waals surface area contributed by atoms with E-state index >= 15 is 0 Å². The maximum Gasteiger partial charge on any atom is 0.262 e. The Kier molecular flexibility index (Phi) is 5.82. The van der Waals surface area contributed by atoms with Gasteiger partial charge in [0.05, 0.1) is 0 Å². The minimum Gasteiger partial charge on any atom is -0.352 e. The summed E-state index contributed by atoms with van der Waals surface area (Å²) >= 11 is 1.39. The number of anilines is 1. The molecule has 1 N–H and O–H groups in total. The summed E-state index contributed by atoms with van der Waals surface area (Å²) in [6, 6.07) is 5.88. The topological polar surface area (TPSA) is 61.8 Å². The number of aryl methyl sites for hydroxylation is 2. The first kappa shape index (κ1) is 17.5. The molecule has 1 atom stereocenters. The fourth-order valence-electron chi connectivity index (χ4n) is 2.51. The van der Waals surface area contributed by atoms with E-state index in [0.717, 1.165) is 35.1 Å². The zero-order chi connectivity index (χ0) is 17.0. The van der Waals surface area contributed by atoms with Crippen LogP contribution in [-0.2, 0) is 9.59 Å². The van der Waals surface area contributed by atoms with E-state index in [1.807, 2.05) is 50.8 Å². The molecule has 0 unspecified atom stereocenters. The van der Waals surface area contributed by atoms with Gasteiger partial charge in [-0.3, -0.25) is 9.59 Å². The number of thioether (sulfide) groups is 1. The Morgan fingerprint density at radius 3 is 2.43 bits per heavy atom. The molecule has 124 valence electrons. The minimum atomic E-state index is -0.421. The van der Waals surface area contributed by atoms with Crippen LogP contribution in [-0.4, -0.2) is 40.2 Å². The lowest BCUT2D eigenvalue weighted by atomic mass is 10.1. The molecule has 0 saturated carbocycles. The standard InChI is InChI=1S/C17H23N3O2S/c1-5-20(6-2)17-19-16(22)13(23-17)10-14(21)18-15-11(3)8-7-9-12(15)4/h7-9,13H,5-6,10H2,1-4H3,(H,18,21)/t13-/m1/s1. The van der Waals surface area contributed by atoms with Crippen molar-refractivity contribution >= 4 is 34.4 Å². The maximum atomic E-state index is 12.3. The summed E-state index contributed by atoms with van der Waals surface area (Å²) in [6.45, 7) is 9.57. The van der Waals surface area contributed by atoms with E-state index in [2.05, 4.69) is 10.3 Å². The molecular formula is C17H23N3O2S. The largest absolute Gasteiger partial charge is 0.352 e. The number of benzene rings is 1. The molecule has 6 heteroatoms. The van der Waals surface area contributed by atoms with Crippen LogP contribution in [0.4, 0.5) is 5.69 Å². The number of aliphatic imine (C=N–C) groups is 1. The molecule has 0 fully saturated rings. The number of nitrogens with one attached hydrogen (secondary N) is 1. The molecule has 2 rings (SSSR count).